The molecule has 0 aliphatic carbocycles. The van der Waals surface area contributed by atoms with Crippen molar-refractivity contribution in [2.45, 2.75) is 38.5 Å². The van der Waals surface area contributed by atoms with E-state index in [0.717, 1.165) is 24.3 Å². The highest BCUT2D eigenvalue weighted by molar-refractivity contribution is 7.92. The normalized spacial score (nSPS) is 13.4. The maximum atomic E-state index is 12.1. The van der Waals surface area contributed by atoms with Gasteiger partial charge in [-0.3, -0.25) is 0 Å². The van der Waals surface area contributed by atoms with E-state index in [1.807, 2.05) is 24.3 Å². The van der Waals surface area contributed by atoms with Crippen LogP contribution >= 0.6 is 0 Å². The average molecular weight is 299 g/mol. The quantitative estimate of drug-likeness (QED) is 0.801. The second kappa shape index (κ2) is 7.64. The Bertz CT molecular complexity index is 494. The van der Waals surface area contributed by atoms with Gasteiger partial charge in [-0.1, -0.05) is 19.1 Å². The molecule has 1 rings (SSSR count). The number of rotatable bonds is 8. The summed E-state index contributed by atoms with van der Waals surface area (Å²) in [7, 11) is -1.47. The monoisotopic (exact) mass is 299 g/mol. The van der Waals surface area contributed by atoms with E-state index in [9.17, 15) is 8.42 Å². The van der Waals surface area contributed by atoms with Crippen LogP contribution in [0.3, 0.4) is 0 Å². The van der Waals surface area contributed by atoms with E-state index in [0.29, 0.717) is 0 Å². The van der Waals surface area contributed by atoms with Crippen LogP contribution in [-0.2, 0) is 9.84 Å². The van der Waals surface area contributed by atoms with Crippen LogP contribution in [0.25, 0.3) is 0 Å². The van der Waals surface area contributed by atoms with Crippen molar-refractivity contribution in [2.75, 3.05) is 19.4 Å². The molecule has 1 aromatic rings. The SMILES string of the molecule is CCCNC(CS(=O)(=O)C(C)C)c1ccc(OC)cc1. The van der Waals surface area contributed by atoms with Crippen molar-refractivity contribution in [3.05, 3.63) is 29.8 Å². The summed E-state index contributed by atoms with van der Waals surface area (Å²) in [4.78, 5) is 0. The minimum atomic E-state index is -3.09. The fraction of sp³-hybridized carbons (Fsp3) is 0.600. The van der Waals surface area contributed by atoms with Gasteiger partial charge in [-0.15, -0.1) is 0 Å². The van der Waals surface area contributed by atoms with E-state index in [2.05, 4.69) is 12.2 Å². The Labute approximate surface area is 122 Å². The Balaban J connectivity index is 2.93. The zero-order chi connectivity index (χ0) is 15.2. The summed E-state index contributed by atoms with van der Waals surface area (Å²) in [5.41, 5.74) is 0.975. The van der Waals surface area contributed by atoms with E-state index < -0.39 is 9.84 Å². The lowest BCUT2D eigenvalue weighted by Crippen LogP contribution is -2.31. The van der Waals surface area contributed by atoms with Crippen LogP contribution in [0.15, 0.2) is 24.3 Å². The molecular formula is C15H25NO3S. The molecule has 0 bridgehead atoms. The molecule has 0 fully saturated rings. The maximum absolute atomic E-state index is 12.1. The first-order valence-electron chi connectivity index (χ1n) is 6.99. The first kappa shape index (κ1) is 17.0. The maximum Gasteiger partial charge on any atom is 0.154 e. The molecule has 20 heavy (non-hydrogen) atoms. The summed E-state index contributed by atoms with van der Waals surface area (Å²) >= 11 is 0. The van der Waals surface area contributed by atoms with Crippen molar-refractivity contribution in [2.24, 2.45) is 0 Å². The largest absolute Gasteiger partial charge is 0.497 e. The van der Waals surface area contributed by atoms with Crippen molar-refractivity contribution in [3.8, 4) is 5.75 Å². The Morgan fingerprint density at radius 1 is 1.20 bits per heavy atom. The van der Waals surface area contributed by atoms with Crippen molar-refractivity contribution in [1.82, 2.24) is 5.32 Å². The zero-order valence-electron chi connectivity index (χ0n) is 12.7. The fourth-order valence-corrected chi connectivity index (χ4v) is 3.01. The van der Waals surface area contributed by atoms with E-state index in [1.165, 1.54) is 0 Å². The van der Waals surface area contributed by atoms with E-state index in [4.69, 9.17) is 4.74 Å². The van der Waals surface area contributed by atoms with Crippen LogP contribution < -0.4 is 10.1 Å². The van der Waals surface area contributed by atoms with Crippen molar-refractivity contribution < 1.29 is 13.2 Å². The number of methoxy groups -OCH3 is 1. The molecule has 5 heteroatoms. The predicted molar refractivity (Wildman–Crippen MR) is 83.0 cm³/mol. The zero-order valence-corrected chi connectivity index (χ0v) is 13.5. The van der Waals surface area contributed by atoms with Gasteiger partial charge in [-0.2, -0.15) is 0 Å². The Hall–Kier alpha value is -1.07. The third-order valence-electron chi connectivity index (χ3n) is 3.28. The van der Waals surface area contributed by atoms with Crippen molar-refractivity contribution >= 4 is 9.84 Å². The fourth-order valence-electron chi connectivity index (χ4n) is 1.85. The van der Waals surface area contributed by atoms with Crippen LogP contribution in [0.4, 0.5) is 0 Å². The molecule has 0 aliphatic heterocycles. The van der Waals surface area contributed by atoms with Gasteiger partial charge < -0.3 is 10.1 Å². The Morgan fingerprint density at radius 3 is 2.25 bits per heavy atom. The highest BCUT2D eigenvalue weighted by atomic mass is 32.2. The highest BCUT2D eigenvalue weighted by Gasteiger charge is 2.23. The molecule has 0 saturated carbocycles. The number of nitrogens with one attached hydrogen (secondary N) is 1. The van der Waals surface area contributed by atoms with E-state index in [-0.39, 0.29) is 17.0 Å². The third kappa shape index (κ3) is 4.80. The molecule has 0 heterocycles. The number of ether oxygens (including phenoxy) is 1. The number of benzene rings is 1. The summed E-state index contributed by atoms with van der Waals surface area (Å²) in [5.74, 6) is 0.895. The summed E-state index contributed by atoms with van der Waals surface area (Å²) in [6.45, 7) is 6.31. The standard InChI is InChI=1S/C15H25NO3S/c1-5-10-16-15(11-20(17,18)12(2)3)13-6-8-14(19-4)9-7-13/h6-9,12,15-16H,5,10-11H2,1-4H3. The highest BCUT2D eigenvalue weighted by Crippen LogP contribution is 2.20. The van der Waals surface area contributed by atoms with Gasteiger partial charge in [0.25, 0.3) is 0 Å². The molecule has 0 aliphatic rings. The molecule has 0 radical (unpaired) electrons. The van der Waals surface area contributed by atoms with Gasteiger partial charge in [-0.25, -0.2) is 8.42 Å². The van der Waals surface area contributed by atoms with Gasteiger partial charge in [0.15, 0.2) is 9.84 Å². The van der Waals surface area contributed by atoms with Gasteiger partial charge in [0.1, 0.15) is 5.75 Å². The molecule has 0 amide bonds. The summed E-state index contributed by atoms with van der Waals surface area (Å²) in [6, 6.07) is 7.38. The topological polar surface area (TPSA) is 55.4 Å². The van der Waals surface area contributed by atoms with Gasteiger partial charge in [0.05, 0.1) is 18.1 Å². The molecule has 0 saturated heterocycles. The molecule has 114 valence electrons. The summed E-state index contributed by atoms with van der Waals surface area (Å²) in [6.07, 6.45) is 0.967. The van der Waals surface area contributed by atoms with Gasteiger partial charge in [-0.05, 0) is 44.5 Å². The Morgan fingerprint density at radius 2 is 1.80 bits per heavy atom. The molecule has 1 unspecified atom stereocenters. The van der Waals surface area contributed by atoms with Gasteiger partial charge in [0.2, 0.25) is 0 Å². The molecular weight excluding hydrogens is 274 g/mol. The molecule has 0 aromatic heterocycles. The lowest BCUT2D eigenvalue weighted by atomic mass is 10.1. The summed E-state index contributed by atoms with van der Waals surface area (Å²) in [5, 5.41) is 2.96. The first-order valence-corrected chi connectivity index (χ1v) is 8.71. The molecule has 1 aromatic carbocycles. The lowest BCUT2D eigenvalue weighted by molar-refractivity contribution is 0.414. The van der Waals surface area contributed by atoms with E-state index in [1.54, 1.807) is 21.0 Å². The van der Waals surface area contributed by atoms with Crippen LogP contribution in [-0.4, -0.2) is 33.1 Å². The third-order valence-corrected chi connectivity index (χ3v) is 5.51. The molecule has 1 N–H and O–H groups in total. The predicted octanol–water partition coefficient (Wildman–Crippen LogP) is 2.56. The van der Waals surface area contributed by atoms with Crippen LogP contribution in [0.2, 0.25) is 0 Å². The minimum absolute atomic E-state index is 0.122. The van der Waals surface area contributed by atoms with Crippen LogP contribution in [0.5, 0.6) is 5.75 Å². The van der Waals surface area contributed by atoms with Gasteiger partial charge >= 0.3 is 0 Å². The summed E-state index contributed by atoms with van der Waals surface area (Å²) < 4.78 is 29.4. The molecule has 0 spiro atoms. The molecule has 1 atom stereocenters. The lowest BCUT2D eigenvalue weighted by Gasteiger charge is -2.20. The van der Waals surface area contributed by atoms with E-state index >= 15 is 0 Å². The van der Waals surface area contributed by atoms with Crippen molar-refractivity contribution in [1.29, 1.82) is 0 Å². The Kier molecular flexibility index (Phi) is 6.49. The molecule has 4 nitrogen and oxygen atoms in total. The second-order valence-corrected chi connectivity index (χ2v) is 7.76. The minimum Gasteiger partial charge on any atom is -0.497 e. The average Bonchev–Trinajstić information content (AvgIpc) is 2.43. The van der Waals surface area contributed by atoms with Gasteiger partial charge in [0, 0.05) is 6.04 Å². The number of sulfone groups is 1. The van der Waals surface area contributed by atoms with Crippen LogP contribution in [0, 0.1) is 0 Å². The van der Waals surface area contributed by atoms with Crippen molar-refractivity contribution in [3.63, 3.8) is 0 Å². The number of hydrogen-bond donors (Lipinski definition) is 1. The second-order valence-electron chi connectivity index (χ2n) is 5.16. The number of hydrogen-bond acceptors (Lipinski definition) is 4. The first-order chi connectivity index (χ1) is 9.40. The van der Waals surface area contributed by atoms with Crippen LogP contribution in [0.1, 0.15) is 38.8 Å². The smallest absolute Gasteiger partial charge is 0.154 e.